The van der Waals surface area contributed by atoms with Gasteiger partial charge < -0.3 is 10.6 Å². The maximum absolute atomic E-state index is 14.0. The number of nitrogens with one attached hydrogen (secondary N) is 2. The molecule has 0 aliphatic heterocycles. The number of hydrogen-bond acceptors (Lipinski definition) is 5. The topological polar surface area (TPSA) is 106 Å². The van der Waals surface area contributed by atoms with Crippen LogP contribution in [0.1, 0.15) is 58.1 Å². The van der Waals surface area contributed by atoms with Gasteiger partial charge in [-0.15, -0.1) is 0 Å². The van der Waals surface area contributed by atoms with Crippen LogP contribution < -0.4 is 10.6 Å². The molecule has 194 valence electrons. The lowest BCUT2D eigenvalue weighted by Crippen LogP contribution is -2.26. The predicted molar refractivity (Wildman–Crippen MR) is 131 cm³/mol. The van der Waals surface area contributed by atoms with Gasteiger partial charge in [-0.3, -0.25) is 14.3 Å². The first kappa shape index (κ1) is 25.9. The van der Waals surface area contributed by atoms with E-state index in [1.807, 2.05) is 33.8 Å². The fourth-order valence-electron chi connectivity index (χ4n) is 3.69. The third-order valence-electron chi connectivity index (χ3n) is 5.84. The molecular formula is C25H26F3N7O2. The maximum Gasteiger partial charge on any atom is 0.433 e. The molecule has 3 heterocycles. The van der Waals surface area contributed by atoms with Gasteiger partial charge in [0.05, 0.1) is 11.4 Å². The molecule has 2 N–H and O–H groups in total. The summed E-state index contributed by atoms with van der Waals surface area (Å²) in [6.45, 7) is 8.34. The normalized spacial score (nSPS) is 11.6. The molecule has 0 unspecified atom stereocenters. The molecule has 37 heavy (non-hydrogen) atoms. The summed E-state index contributed by atoms with van der Waals surface area (Å²) in [5.41, 5.74) is 1.15. The molecule has 0 aliphatic rings. The molecule has 4 rings (SSSR count). The van der Waals surface area contributed by atoms with Gasteiger partial charge in [-0.25, -0.2) is 9.50 Å². The van der Waals surface area contributed by atoms with E-state index >= 15 is 0 Å². The number of halogens is 3. The highest BCUT2D eigenvalue weighted by Crippen LogP contribution is 2.33. The molecule has 0 fully saturated rings. The van der Waals surface area contributed by atoms with Crippen molar-refractivity contribution in [3.8, 4) is 11.3 Å². The Balaban J connectivity index is 1.73. The number of carbonyl (C=O) groups is 2. The minimum Gasteiger partial charge on any atom is -0.351 e. The van der Waals surface area contributed by atoms with Crippen molar-refractivity contribution in [1.29, 1.82) is 0 Å². The van der Waals surface area contributed by atoms with Gasteiger partial charge in [0, 0.05) is 30.9 Å². The van der Waals surface area contributed by atoms with Gasteiger partial charge in [0.25, 0.3) is 11.8 Å². The zero-order valence-corrected chi connectivity index (χ0v) is 20.8. The predicted octanol–water partition coefficient (Wildman–Crippen LogP) is 4.64. The second kappa shape index (κ2) is 10.0. The van der Waals surface area contributed by atoms with Crippen molar-refractivity contribution in [1.82, 2.24) is 29.7 Å². The quantitative estimate of drug-likeness (QED) is 0.375. The van der Waals surface area contributed by atoms with Crippen LogP contribution in [0.4, 0.5) is 18.9 Å². The second-order valence-electron chi connectivity index (χ2n) is 8.58. The van der Waals surface area contributed by atoms with Crippen LogP contribution in [0.2, 0.25) is 0 Å². The highest BCUT2D eigenvalue weighted by atomic mass is 19.4. The Morgan fingerprint density at radius 1 is 1.00 bits per heavy atom. The van der Waals surface area contributed by atoms with Crippen LogP contribution in [0.3, 0.4) is 0 Å². The van der Waals surface area contributed by atoms with E-state index in [0.717, 1.165) is 17.2 Å². The summed E-state index contributed by atoms with van der Waals surface area (Å²) in [4.78, 5) is 29.8. The maximum atomic E-state index is 14.0. The van der Waals surface area contributed by atoms with E-state index in [1.165, 1.54) is 16.9 Å². The van der Waals surface area contributed by atoms with Crippen molar-refractivity contribution in [2.75, 3.05) is 11.9 Å². The molecule has 0 atom stereocenters. The Labute approximate surface area is 210 Å². The molecule has 0 radical (unpaired) electrons. The van der Waals surface area contributed by atoms with Gasteiger partial charge in [0.15, 0.2) is 22.7 Å². The molecule has 4 aromatic rings. The van der Waals surface area contributed by atoms with E-state index in [0.29, 0.717) is 29.6 Å². The Hall–Kier alpha value is -4.22. The third-order valence-corrected chi connectivity index (χ3v) is 5.84. The van der Waals surface area contributed by atoms with Crippen LogP contribution in [0, 0.1) is 13.8 Å². The van der Waals surface area contributed by atoms with Gasteiger partial charge in [0.1, 0.15) is 0 Å². The lowest BCUT2D eigenvalue weighted by Gasteiger charge is -2.11. The number of anilines is 1. The van der Waals surface area contributed by atoms with Crippen LogP contribution in [-0.4, -0.2) is 42.7 Å². The lowest BCUT2D eigenvalue weighted by molar-refractivity contribution is -0.142. The lowest BCUT2D eigenvalue weighted by atomic mass is 10.0. The van der Waals surface area contributed by atoms with Crippen LogP contribution in [0.5, 0.6) is 0 Å². The number of amides is 2. The molecular weight excluding hydrogens is 487 g/mol. The van der Waals surface area contributed by atoms with Gasteiger partial charge in [-0.05, 0) is 50.5 Å². The van der Waals surface area contributed by atoms with Crippen molar-refractivity contribution in [2.45, 2.75) is 46.8 Å². The first-order valence-electron chi connectivity index (χ1n) is 11.7. The number of aryl methyl sites for hydroxylation is 3. The zero-order valence-electron chi connectivity index (χ0n) is 20.8. The highest BCUT2D eigenvalue weighted by molar-refractivity contribution is 6.07. The van der Waals surface area contributed by atoms with Crippen LogP contribution in [0.15, 0.2) is 36.5 Å². The number of alkyl halides is 3. The monoisotopic (exact) mass is 513 g/mol. The number of carbonyl (C=O) groups excluding carboxylic acids is 2. The van der Waals surface area contributed by atoms with E-state index < -0.39 is 23.7 Å². The van der Waals surface area contributed by atoms with E-state index in [-0.39, 0.29) is 28.4 Å². The van der Waals surface area contributed by atoms with Gasteiger partial charge in [-0.1, -0.05) is 19.1 Å². The number of rotatable bonds is 7. The first-order chi connectivity index (χ1) is 17.5. The third kappa shape index (κ3) is 5.32. The Morgan fingerprint density at radius 3 is 2.41 bits per heavy atom. The largest absolute Gasteiger partial charge is 0.433 e. The van der Waals surface area contributed by atoms with Gasteiger partial charge >= 0.3 is 6.18 Å². The van der Waals surface area contributed by atoms with E-state index in [2.05, 4.69) is 25.8 Å². The van der Waals surface area contributed by atoms with Crippen LogP contribution in [-0.2, 0) is 12.7 Å². The SMILES string of the molecule is CCCNC(=O)c1nn(CC)cc1NC(=O)c1cc2nc(-c3ccc(C)c(C)c3)cc(C(F)(F)F)n2n1. The van der Waals surface area contributed by atoms with Gasteiger partial charge in [-0.2, -0.15) is 23.4 Å². The molecule has 1 aromatic carbocycles. The summed E-state index contributed by atoms with van der Waals surface area (Å²) in [5, 5.41) is 13.3. The number of aromatic nitrogens is 5. The van der Waals surface area contributed by atoms with Crippen LogP contribution >= 0.6 is 0 Å². The molecule has 0 spiro atoms. The van der Waals surface area contributed by atoms with E-state index in [4.69, 9.17) is 0 Å². The van der Waals surface area contributed by atoms with Crippen LogP contribution in [0.25, 0.3) is 16.9 Å². The molecule has 12 heteroatoms. The van der Waals surface area contributed by atoms with Crippen molar-refractivity contribution < 1.29 is 22.8 Å². The molecule has 2 amide bonds. The number of fused-ring (bicyclic) bond motifs is 1. The summed E-state index contributed by atoms with van der Waals surface area (Å²) < 4.78 is 43.9. The number of benzene rings is 1. The number of hydrogen-bond donors (Lipinski definition) is 2. The summed E-state index contributed by atoms with van der Waals surface area (Å²) in [7, 11) is 0. The summed E-state index contributed by atoms with van der Waals surface area (Å²) in [6.07, 6.45) is -2.56. The molecule has 0 saturated heterocycles. The van der Waals surface area contributed by atoms with Crippen molar-refractivity contribution in [2.24, 2.45) is 0 Å². The number of nitrogens with zero attached hydrogens (tertiary/aromatic N) is 5. The Kier molecular flexibility index (Phi) is 7.01. The van der Waals surface area contributed by atoms with Gasteiger partial charge in [0.2, 0.25) is 0 Å². The molecule has 3 aromatic heterocycles. The fraction of sp³-hybridized carbons (Fsp3) is 0.320. The molecule has 0 saturated carbocycles. The van der Waals surface area contributed by atoms with E-state index in [9.17, 15) is 22.8 Å². The summed E-state index contributed by atoms with van der Waals surface area (Å²) >= 11 is 0. The van der Waals surface area contributed by atoms with Crippen molar-refractivity contribution in [3.63, 3.8) is 0 Å². The molecule has 0 bridgehead atoms. The molecule has 9 nitrogen and oxygen atoms in total. The van der Waals surface area contributed by atoms with Crippen molar-refractivity contribution in [3.05, 3.63) is 64.7 Å². The fourth-order valence-corrected chi connectivity index (χ4v) is 3.69. The Bertz CT molecular complexity index is 1490. The second-order valence-corrected chi connectivity index (χ2v) is 8.58. The average Bonchev–Trinajstić information content (AvgIpc) is 3.47. The molecule has 0 aliphatic carbocycles. The zero-order chi connectivity index (χ0) is 26.9. The minimum absolute atomic E-state index is 0.00135. The van der Waals surface area contributed by atoms with E-state index in [1.54, 1.807) is 12.1 Å². The minimum atomic E-state index is -4.75. The standard InChI is InChI=1S/C25H26F3N7O2/c1-5-9-29-24(37)22-19(13-34(6-2)33-22)31-23(36)18-12-21-30-17(16-8-7-14(3)15(4)10-16)11-20(25(26,27)28)35(21)32-18/h7-8,10-13H,5-6,9H2,1-4H3,(H,29,37)(H,31,36). The smallest absolute Gasteiger partial charge is 0.351 e. The summed E-state index contributed by atoms with van der Waals surface area (Å²) in [6, 6.07) is 7.35. The average molecular weight is 514 g/mol. The first-order valence-corrected chi connectivity index (χ1v) is 11.7. The van der Waals surface area contributed by atoms with Crippen molar-refractivity contribution >= 4 is 23.1 Å². The Morgan fingerprint density at radius 2 is 1.76 bits per heavy atom. The summed E-state index contributed by atoms with van der Waals surface area (Å²) in [5.74, 6) is -1.27. The highest BCUT2D eigenvalue weighted by Gasteiger charge is 2.36.